The number of piperazine rings is 1. The summed E-state index contributed by atoms with van der Waals surface area (Å²) < 4.78 is 7.26. The molecule has 2 atom stereocenters. The molecular weight excluding hydrogens is 477 g/mol. The highest BCUT2D eigenvalue weighted by Gasteiger charge is 2.48. The third-order valence-corrected chi connectivity index (χ3v) is 7.11. The molecular formula is C24H23Cl2N5O3. The molecule has 176 valence electrons. The Labute approximate surface area is 207 Å². The number of carbonyl (C=O) groups excluding carboxylic acids is 2. The largest absolute Gasteiger partial charge is 0.494 e. The number of ether oxygens (including phenoxy) is 1. The monoisotopic (exact) mass is 499 g/mol. The summed E-state index contributed by atoms with van der Waals surface area (Å²) in [7, 11) is 1.58. The number of fused-ring (bicyclic) bond motifs is 2. The van der Waals surface area contributed by atoms with Crippen molar-refractivity contribution in [2.24, 2.45) is 0 Å². The lowest BCUT2D eigenvalue weighted by Gasteiger charge is -2.49. The summed E-state index contributed by atoms with van der Waals surface area (Å²) >= 11 is 12.2. The number of halogens is 2. The molecule has 2 aliphatic heterocycles. The van der Waals surface area contributed by atoms with E-state index in [1.807, 2.05) is 30.0 Å². The first kappa shape index (κ1) is 22.7. The lowest BCUT2D eigenvalue weighted by molar-refractivity contribution is -0.152. The topological polar surface area (TPSA) is 80.6 Å². The van der Waals surface area contributed by atoms with Crippen LogP contribution in [0.25, 0.3) is 5.69 Å². The lowest BCUT2D eigenvalue weighted by atomic mass is 9.89. The summed E-state index contributed by atoms with van der Waals surface area (Å²) in [5, 5.41) is 5.18. The number of hydrogen-bond donors (Lipinski definition) is 0. The number of anilines is 1. The number of methoxy groups -OCH3 is 1. The van der Waals surface area contributed by atoms with E-state index in [1.165, 1.54) is 4.90 Å². The lowest BCUT2D eigenvalue weighted by Crippen LogP contribution is -2.66. The van der Waals surface area contributed by atoms with Gasteiger partial charge in [0.15, 0.2) is 0 Å². The van der Waals surface area contributed by atoms with Crippen molar-refractivity contribution >= 4 is 40.7 Å². The van der Waals surface area contributed by atoms with E-state index in [4.69, 9.17) is 27.9 Å². The van der Waals surface area contributed by atoms with Crippen LogP contribution in [0.2, 0.25) is 10.0 Å². The van der Waals surface area contributed by atoms with Crippen LogP contribution < -0.4 is 9.64 Å². The Morgan fingerprint density at radius 2 is 1.76 bits per heavy atom. The van der Waals surface area contributed by atoms with E-state index >= 15 is 0 Å². The molecule has 2 amide bonds. The number of carbonyl (C=O) groups is 2. The van der Waals surface area contributed by atoms with Gasteiger partial charge in [-0.2, -0.15) is 5.10 Å². The highest BCUT2D eigenvalue weighted by Crippen LogP contribution is 2.38. The summed E-state index contributed by atoms with van der Waals surface area (Å²) in [5.41, 5.74) is 2.26. The summed E-state index contributed by atoms with van der Waals surface area (Å²) in [5.74, 6) is 0.817. The zero-order valence-corrected chi connectivity index (χ0v) is 20.3. The first-order valence-corrected chi connectivity index (χ1v) is 11.8. The quantitative estimate of drug-likeness (QED) is 0.489. The molecule has 2 aromatic carbocycles. The first-order chi connectivity index (χ1) is 16.4. The number of amides is 2. The average molecular weight is 500 g/mol. The smallest absolute Gasteiger partial charge is 0.252 e. The number of hydrogen-bond acceptors (Lipinski definition) is 6. The predicted molar refractivity (Wildman–Crippen MR) is 129 cm³/mol. The van der Waals surface area contributed by atoms with E-state index < -0.39 is 12.1 Å². The molecule has 10 heteroatoms. The molecule has 0 spiro atoms. The molecule has 0 radical (unpaired) electrons. The highest BCUT2D eigenvalue weighted by molar-refractivity contribution is 6.42. The second-order valence-electron chi connectivity index (χ2n) is 8.47. The first-order valence-electron chi connectivity index (χ1n) is 11.0. The normalized spacial score (nSPS) is 20.1. The van der Waals surface area contributed by atoms with Crippen LogP contribution in [0.1, 0.15) is 30.7 Å². The van der Waals surface area contributed by atoms with Gasteiger partial charge in [0, 0.05) is 11.8 Å². The van der Waals surface area contributed by atoms with Gasteiger partial charge >= 0.3 is 0 Å². The standard InChI is InChI=1S/C24H23Cl2N5O3/c1-14-27-13-30(28-14)19-9-7-16(11-22(19)34-2)31-20-4-3-5-21(31)24(33)29(23(20)32)12-15-6-8-17(25)18(26)10-15/h6-11,13,20-21H,3-5,12H2,1-2H3. The molecule has 3 heterocycles. The van der Waals surface area contributed by atoms with Crippen molar-refractivity contribution in [2.75, 3.05) is 12.0 Å². The van der Waals surface area contributed by atoms with Crippen LogP contribution in [-0.2, 0) is 16.1 Å². The summed E-state index contributed by atoms with van der Waals surface area (Å²) in [6.07, 6.45) is 3.79. The van der Waals surface area contributed by atoms with E-state index in [0.717, 1.165) is 23.4 Å². The average Bonchev–Trinajstić information content (AvgIpc) is 3.28. The van der Waals surface area contributed by atoms with Gasteiger partial charge in [-0.15, -0.1) is 0 Å². The van der Waals surface area contributed by atoms with Gasteiger partial charge < -0.3 is 9.64 Å². The van der Waals surface area contributed by atoms with Gasteiger partial charge in [-0.1, -0.05) is 29.3 Å². The zero-order chi connectivity index (χ0) is 24.0. The Kier molecular flexibility index (Phi) is 5.95. The molecule has 0 aliphatic carbocycles. The minimum atomic E-state index is -0.427. The predicted octanol–water partition coefficient (Wildman–Crippen LogP) is 4.19. The third-order valence-electron chi connectivity index (χ3n) is 6.37. The van der Waals surface area contributed by atoms with Crippen LogP contribution in [0.3, 0.4) is 0 Å². The maximum Gasteiger partial charge on any atom is 0.252 e. The Morgan fingerprint density at radius 1 is 1.03 bits per heavy atom. The molecule has 2 saturated heterocycles. The van der Waals surface area contributed by atoms with Crippen molar-refractivity contribution < 1.29 is 14.3 Å². The molecule has 34 heavy (non-hydrogen) atoms. The fourth-order valence-corrected chi connectivity index (χ4v) is 5.09. The van der Waals surface area contributed by atoms with E-state index in [0.29, 0.717) is 34.5 Å². The van der Waals surface area contributed by atoms with Crippen LogP contribution in [0, 0.1) is 6.92 Å². The number of benzene rings is 2. The van der Waals surface area contributed by atoms with Crippen LogP contribution in [0.5, 0.6) is 5.75 Å². The molecule has 0 N–H and O–H groups in total. The minimum absolute atomic E-state index is 0.170. The van der Waals surface area contributed by atoms with Crippen molar-refractivity contribution in [1.82, 2.24) is 19.7 Å². The fourth-order valence-electron chi connectivity index (χ4n) is 4.77. The summed E-state index contributed by atoms with van der Waals surface area (Å²) in [6.45, 7) is 1.98. The van der Waals surface area contributed by atoms with Gasteiger partial charge in [0.1, 0.15) is 35.7 Å². The molecule has 2 unspecified atom stereocenters. The van der Waals surface area contributed by atoms with Crippen molar-refractivity contribution in [3.63, 3.8) is 0 Å². The second-order valence-corrected chi connectivity index (χ2v) is 9.29. The molecule has 8 nitrogen and oxygen atoms in total. The maximum atomic E-state index is 13.5. The number of likely N-dealkylation sites (tertiary alicyclic amines) is 1. The Hall–Kier alpha value is -3.10. The van der Waals surface area contributed by atoms with Crippen molar-refractivity contribution in [3.8, 4) is 11.4 Å². The molecule has 2 aliphatic rings. The SMILES string of the molecule is COc1cc(N2C3CCCC2C(=O)N(Cc2ccc(Cl)c(Cl)c2)C3=O)ccc1-n1cnc(C)n1. The highest BCUT2D eigenvalue weighted by atomic mass is 35.5. The molecule has 5 rings (SSSR count). The Morgan fingerprint density at radius 3 is 2.38 bits per heavy atom. The van der Waals surface area contributed by atoms with E-state index in [2.05, 4.69) is 10.1 Å². The number of piperidine rings is 1. The number of rotatable bonds is 5. The number of aromatic nitrogens is 3. The zero-order valence-electron chi connectivity index (χ0n) is 18.7. The molecule has 2 fully saturated rings. The van der Waals surface area contributed by atoms with Crippen molar-refractivity contribution in [1.29, 1.82) is 0 Å². The molecule has 1 aromatic heterocycles. The second kappa shape index (κ2) is 8.92. The van der Waals surface area contributed by atoms with Crippen LogP contribution in [-0.4, -0.2) is 50.7 Å². The van der Waals surface area contributed by atoms with Crippen LogP contribution >= 0.6 is 23.2 Å². The maximum absolute atomic E-state index is 13.5. The van der Waals surface area contributed by atoms with E-state index in [9.17, 15) is 9.59 Å². The Balaban J connectivity index is 1.46. The van der Waals surface area contributed by atoms with Crippen LogP contribution in [0.4, 0.5) is 5.69 Å². The van der Waals surface area contributed by atoms with Crippen LogP contribution in [0.15, 0.2) is 42.7 Å². The molecule has 0 saturated carbocycles. The molecule has 2 bridgehead atoms. The van der Waals surface area contributed by atoms with Gasteiger partial charge in [0.05, 0.1) is 23.7 Å². The number of imide groups is 1. The van der Waals surface area contributed by atoms with E-state index in [-0.39, 0.29) is 18.4 Å². The van der Waals surface area contributed by atoms with Gasteiger partial charge in [-0.05, 0) is 56.0 Å². The summed E-state index contributed by atoms with van der Waals surface area (Å²) in [6, 6.07) is 9.92. The van der Waals surface area contributed by atoms with Gasteiger partial charge in [0.25, 0.3) is 11.8 Å². The van der Waals surface area contributed by atoms with Gasteiger partial charge in [-0.25, -0.2) is 9.67 Å². The number of aryl methyl sites for hydroxylation is 1. The van der Waals surface area contributed by atoms with Gasteiger partial charge in [-0.3, -0.25) is 14.5 Å². The summed E-state index contributed by atoms with van der Waals surface area (Å²) in [4.78, 5) is 34.4. The number of nitrogens with zero attached hydrogens (tertiary/aromatic N) is 5. The minimum Gasteiger partial charge on any atom is -0.494 e. The van der Waals surface area contributed by atoms with Crippen molar-refractivity contribution in [3.05, 3.63) is 64.2 Å². The fraction of sp³-hybridized carbons (Fsp3) is 0.333. The van der Waals surface area contributed by atoms with E-state index in [1.54, 1.807) is 36.3 Å². The third kappa shape index (κ3) is 3.91. The molecule has 3 aromatic rings. The Bertz CT molecular complexity index is 1250. The van der Waals surface area contributed by atoms with Gasteiger partial charge in [0.2, 0.25) is 0 Å². The van der Waals surface area contributed by atoms with Crippen molar-refractivity contribution in [2.45, 2.75) is 44.8 Å².